The summed E-state index contributed by atoms with van der Waals surface area (Å²) in [6, 6.07) is 0. The van der Waals surface area contributed by atoms with E-state index in [1.807, 2.05) is 0 Å². The SMILES string of the molecule is C[Se]CC(O)C[Se]C. The molecule has 0 aliphatic heterocycles. The zero-order valence-corrected chi connectivity index (χ0v) is 8.68. The molecule has 0 rings (SSSR count). The second-order valence-electron chi connectivity index (χ2n) is 1.56. The fraction of sp³-hybridized carbons (Fsp3) is 1.00. The molecule has 1 nitrogen and oxygen atoms in total. The van der Waals surface area contributed by atoms with Crippen LogP contribution < -0.4 is 0 Å². The van der Waals surface area contributed by atoms with Crippen molar-refractivity contribution in [2.24, 2.45) is 0 Å². The van der Waals surface area contributed by atoms with E-state index in [-0.39, 0.29) is 6.10 Å². The van der Waals surface area contributed by atoms with Crippen molar-refractivity contribution in [2.45, 2.75) is 28.4 Å². The molecule has 0 radical (unpaired) electrons. The fourth-order valence-electron chi connectivity index (χ4n) is 0.433. The van der Waals surface area contributed by atoms with Gasteiger partial charge in [-0.1, -0.05) is 0 Å². The Morgan fingerprint density at radius 1 is 1.25 bits per heavy atom. The van der Waals surface area contributed by atoms with E-state index in [2.05, 4.69) is 11.6 Å². The first-order valence-corrected chi connectivity index (χ1v) is 8.32. The standard InChI is InChI=1S/C5H12OSe2/c1-7-3-5(6)4-8-2/h5-6H,3-4H2,1-2H3. The van der Waals surface area contributed by atoms with Gasteiger partial charge in [0.05, 0.1) is 0 Å². The van der Waals surface area contributed by atoms with Crippen LogP contribution in [-0.4, -0.2) is 41.1 Å². The first kappa shape index (κ1) is 9.00. The van der Waals surface area contributed by atoms with Crippen LogP contribution in [0.3, 0.4) is 0 Å². The van der Waals surface area contributed by atoms with E-state index < -0.39 is 0 Å². The van der Waals surface area contributed by atoms with Crippen molar-refractivity contribution in [2.75, 3.05) is 0 Å². The van der Waals surface area contributed by atoms with E-state index >= 15 is 0 Å². The zero-order valence-electron chi connectivity index (χ0n) is 5.26. The molecule has 0 fully saturated rings. The molecule has 0 aliphatic rings. The number of hydrogen-bond donors (Lipinski definition) is 1. The van der Waals surface area contributed by atoms with E-state index in [4.69, 9.17) is 5.11 Å². The third-order valence-electron chi connectivity index (χ3n) is 0.718. The molecule has 0 amide bonds. The summed E-state index contributed by atoms with van der Waals surface area (Å²) in [5.74, 6) is 4.33. The molecule has 0 heterocycles. The average Bonchev–Trinajstić information content (AvgIpc) is 1.68. The van der Waals surface area contributed by atoms with Crippen molar-refractivity contribution in [3.8, 4) is 0 Å². The van der Waals surface area contributed by atoms with Gasteiger partial charge in [0.15, 0.2) is 0 Å². The van der Waals surface area contributed by atoms with Crippen LogP contribution >= 0.6 is 0 Å². The van der Waals surface area contributed by atoms with Gasteiger partial charge in [0.25, 0.3) is 0 Å². The third-order valence-corrected chi connectivity index (χ3v) is 3.73. The molecule has 0 saturated carbocycles. The van der Waals surface area contributed by atoms with Gasteiger partial charge in [0, 0.05) is 0 Å². The summed E-state index contributed by atoms with van der Waals surface area (Å²) in [5.41, 5.74) is 0. The molecule has 0 spiro atoms. The average molecular weight is 246 g/mol. The molecule has 3 heteroatoms. The Balaban J connectivity index is 2.92. The normalized spacial score (nSPS) is 10.5. The van der Waals surface area contributed by atoms with Gasteiger partial charge in [-0.3, -0.25) is 0 Å². The van der Waals surface area contributed by atoms with Crippen LogP contribution in [0.25, 0.3) is 0 Å². The Morgan fingerprint density at radius 2 is 1.62 bits per heavy atom. The molecule has 8 heavy (non-hydrogen) atoms. The van der Waals surface area contributed by atoms with Crippen LogP contribution in [0.4, 0.5) is 0 Å². The van der Waals surface area contributed by atoms with Crippen molar-refractivity contribution in [1.82, 2.24) is 0 Å². The van der Waals surface area contributed by atoms with Gasteiger partial charge in [0.1, 0.15) is 0 Å². The van der Waals surface area contributed by atoms with Gasteiger partial charge in [-0.2, -0.15) is 0 Å². The fourth-order valence-corrected chi connectivity index (χ4v) is 3.30. The van der Waals surface area contributed by atoms with Crippen LogP contribution in [0.5, 0.6) is 0 Å². The molecule has 0 saturated heterocycles. The van der Waals surface area contributed by atoms with Crippen molar-refractivity contribution in [1.29, 1.82) is 0 Å². The summed E-state index contributed by atoms with van der Waals surface area (Å²) >= 11 is 1.31. The van der Waals surface area contributed by atoms with Crippen molar-refractivity contribution in [3.05, 3.63) is 0 Å². The minimum atomic E-state index is 0.0185. The second kappa shape index (κ2) is 6.12. The zero-order chi connectivity index (χ0) is 6.41. The first-order chi connectivity index (χ1) is 3.81. The van der Waals surface area contributed by atoms with Crippen LogP contribution in [0.2, 0.25) is 22.3 Å². The predicted molar refractivity (Wildman–Crippen MR) is 38.9 cm³/mol. The van der Waals surface area contributed by atoms with E-state index in [0.29, 0.717) is 29.9 Å². The van der Waals surface area contributed by atoms with Gasteiger partial charge < -0.3 is 0 Å². The van der Waals surface area contributed by atoms with E-state index in [0.717, 1.165) is 10.6 Å². The Hall–Kier alpha value is 0.999. The number of hydrogen-bond acceptors (Lipinski definition) is 1. The molecular formula is C5H12OSe2. The summed E-state index contributed by atoms with van der Waals surface area (Å²) in [4.78, 5) is 0. The summed E-state index contributed by atoms with van der Waals surface area (Å²) < 4.78 is 0. The Morgan fingerprint density at radius 3 is 1.88 bits per heavy atom. The van der Waals surface area contributed by atoms with Crippen LogP contribution in [0, 0.1) is 0 Å². The van der Waals surface area contributed by atoms with Gasteiger partial charge >= 0.3 is 63.4 Å². The minimum absolute atomic E-state index is 0.0185. The van der Waals surface area contributed by atoms with Gasteiger partial charge in [-0.15, -0.1) is 0 Å². The maximum absolute atomic E-state index is 9.08. The molecule has 0 unspecified atom stereocenters. The van der Waals surface area contributed by atoms with Crippen molar-refractivity contribution in [3.63, 3.8) is 0 Å². The third kappa shape index (κ3) is 5.14. The number of rotatable bonds is 4. The van der Waals surface area contributed by atoms with Crippen LogP contribution in [-0.2, 0) is 0 Å². The summed E-state index contributed by atoms with van der Waals surface area (Å²) in [6.07, 6.45) is 0.0185. The van der Waals surface area contributed by atoms with E-state index in [1.54, 1.807) is 0 Å². The first-order valence-electron chi connectivity index (χ1n) is 2.47. The second-order valence-corrected chi connectivity index (χ2v) is 5.39. The van der Waals surface area contributed by atoms with Crippen molar-refractivity contribution >= 4 is 29.9 Å². The van der Waals surface area contributed by atoms with E-state index in [1.165, 1.54) is 0 Å². The topological polar surface area (TPSA) is 20.2 Å². The molecule has 1 N–H and O–H groups in total. The molecule has 0 atom stereocenters. The quantitative estimate of drug-likeness (QED) is 0.723. The Labute approximate surface area is 63.6 Å². The van der Waals surface area contributed by atoms with Gasteiger partial charge in [-0.05, 0) is 0 Å². The van der Waals surface area contributed by atoms with Crippen molar-refractivity contribution < 1.29 is 5.11 Å². The molecule has 50 valence electrons. The molecule has 0 aliphatic carbocycles. The van der Waals surface area contributed by atoms with Gasteiger partial charge in [0.2, 0.25) is 0 Å². The molecule has 0 aromatic heterocycles. The molecule has 0 bridgehead atoms. The summed E-state index contributed by atoms with van der Waals surface area (Å²) in [7, 11) is 0. The number of aliphatic hydroxyl groups is 1. The maximum atomic E-state index is 9.08. The Kier molecular flexibility index (Phi) is 6.89. The summed E-state index contributed by atoms with van der Waals surface area (Å²) in [5, 5.41) is 11.2. The van der Waals surface area contributed by atoms with Crippen LogP contribution in [0.15, 0.2) is 0 Å². The number of aliphatic hydroxyl groups excluding tert-OH is 1. The summed E-state index contributed by atoms with van der Waals surface area (Å²) in [6.45, 7) is 0. The van der Waals surface area contributed by atoms with Crippen LogP contribution in [0.1, 0.15) is 0 Å². The molecule has 0 aromatic carbocycles. The van der Waals surface area contributed by atoms with E-state index in [9.17, 15) is 0 Å². The predicted octanol–water partition coefficient (Wildman–Crippen LogP) is 0.688. The molecule has 0 aromatic rings. The Bertz CT molecular complexity index is 43.7. The molecular weight excluding hydrogens is 234 g/mol. The monoisotopic (exact) mass is 248 g/mol. The van der Waals surface area contributed by atoms with Gasteiger partial charge in [-0.25, -0.2) is 0 Å².